The van der Waals surface area contributed by atoms with Gasteiger partial charge in [0, 0.05) is 5.69 Å². The van der Waals surface area contributed by atoms with Gasteiger partial charge in [0.1, 0.15) is 19.0 Å². The lowest BCUT2D eigenvalue weighted by atomic mass is 10.1. The molecule has 0 fully saturated rings. The van der Waals surface area contributed by atoms with E-state index in [4.69, 9.17) is 18.9 Å². The van der Waals surface area contributed by atoms with Gasteiger partial charge in [-0.3, -0.25) is 4.79 Å². The van der Waals surface area contributed by atoms with Gasteiger partial charge in [0.25, 0.3) is 5.91 Å². The van der Waals surface area contributed by atoms with Crippen LogP contribution in [0.4, 0.5) is 10.1 Å². The Morgan fingerprint density at radius 3 is 2.70 bits per heavy atom. The van der Waals surface area contributed by atoms with E-state index in [-0.39, 0.29) is 11.3 Å². The molecule has 2 aromatic carbocycles. The van der Waals surface area contributed by atoms with Crippen molar-refractivity contribution < 1.29 is 32.9 Å². The van der Waals surface area contributed by atoms with Crippen LogP contribution in [0.5, 0.6) is 17.2 Å². The lowest BCUT2D eigenvalue weighted by Gasteiger charge is -2.21. The fourth-order valence-electron chi connectivity index (χ4n) is 2.47. The molecule has 0 unspecified atom stereocenters. The minimum atomic E-state index is -0.726. The second kappa shape index (κ2) is 7.94. The van der Waals surface area contributed by atoms with E-state index in [1.165, 1.54) is 25.3 Å². The van der Waals surface area contributed by atoms with E-state index in [9.17, 15) is 14.0 Å². The molecule has 0 saturated heterocycles. The van der Waals surface area contributed by atoms with Crippen molar-refractivity contribution in [1.82, 2.24) is 0 Å². The standard InChI is InChI=1S/C19H18FNO6/c1-11-3-4-13(9-14(11)20)21-17(22)10-27-19(23)12-7-15(24-2)18-16(8-12)25-5-6-26-18/h3-4,7-9H,5-6,10H2,1-2H3,(H,21,22). The summed E-state index contributed by atoms with van der Waals surface area (Å²) < 4.78 is 34.6. The molecule has 142 valence electrons. The van der Waals surface area contributed by atoms with Gasteiger partial charge in [-0.1, -0.05) is 6.07 Å². The van der Waals surface area contributed by atoms with Gasteiger partial charge in [-0.2, -0.15) is 0 Å². The van der Waals surface area contributed by atoms with Crippen molar-refractivity contribution >= 4 is 17.6 Å². The van der Waals surface area contributed by atoms with Gasteiger partial charge in [0.05, 0.1) is 12.7 Å². The number of ether oxygens (including phenoxy) is 4. The summed E-state index contributed by atoms with van der Waals surface area (Å²) in [6.45, 7) is 1.83. The molecule has 1 aliphatic heterocycles. The fraction of sp³-hybridized carbons (Fsp3) is 0.263. The molecule has 0 radical (unpaired) electrons. The minimum Gasteiger partial charge on any atom is -0.493 e. The van der Waals surface area contributed by atoms with E-state index >= 15 is 0 Å². The number of fused-ring (bicyclic) bond motifs is 1. The second-order valence-corrected chi connectivity index (χ2v) is 5.79. The maximum Gasteiger partial charge on any atom is 0.338 e. The number of aryl methyl sites for hydroxylation is 1. The molecule has 0 aromatic heterocycles. The van der Waals surface area contributed by atoms with Gasteiger partial charge >= 0.3 is 5.97 Å². The van der Waals surface area contributed by atoms with Crippen molar-refractivity contribution in [2.24, 2.45) is 0 Å². The zero-order valence-electron chi connectivity index (χ0n) is 14.8. The first-order chi connectivity index (χ1) is 13.0. The molecule has 0 atom stereocenters. The number of hydrogen-bond donors (Lipinski definition) is 1. The summed E-state index contributed by atoms with van der Waals surface area (Å²) in [5, 5.41) is 2.46. The molecule has 7 nitrogen and oxygen atoms in total. The van der Waals surface area contributed by atoms with Crippen LogP contribution < -0.4 is 19.5 Å². The zero-order chi connectivity index (χ0) is 19.4. The van der Waals surface area contributed by atoms with Crippen LogP contribution in [0.25, 0.3) is 0 Å². The molecular weight excluding hydrogens is 357 g/mol. The van der Waals surface area contributed by atoms with Crippen LogP contribution in [-0.4, -0.2) is 38.8 Å². The number of esters is 1. The van der Waals surface area contributed by atoms with Gasteiger partial charge in [-0.25, -0.2) is 9.18 Å². The highest BCUT2D eigenvalue weighted by Gasteiger charge is 2.22. The molecule has 3 rings (SSSR count). The Morgan fingerprint density at radius 1 is 1.19 bits per heavy atom. The maximum absolute atomic E-state index is 13.5. The predicted octanol–water partition coefficient (Wildman–Crippen LogP) is 2.71. The number of methoxy groups -OCH3 is 1. The molecule has 0 spiro atoms. The number of hydrogen-bond acceptors (Lipinski definition) is 6. The highest BCUT2D eigenvalue weighted by atomic mass is 19.1. The van der Waals surface area contributed by atoms with E-state index in [1.54, 1.807) is 19.1 Å². The van der Waals surface area contributed by atoms with Crippen molar-refractivity contribution in [1.29, 1.82) is 0 Å². The van der Waals surface area contributed by atoms with Crippen molar-refractivity contribution in [2.45, 2.75) is 6.92 Å². The first-order valence-corrected chi connectivity index (χ1v) is 8.18. The molecule has 1 heterocycles. The molecule has 2 aromatic rings. The number of carbonyl (C=O) groups excluding carboxylic acids is 2. The molecule has 1 aliphatic rings. The van der Waals surface area contributed by atoms with Crippen LogP contribution in [-0.2, 0) is 9.53 Å². The molecule has 1 N–H and O–H groups in total. The minimum absolute atomic E-state index is 0.158. The smallest absolute Gasteiger partial charge is 0.338 e. The summed E-state index contributed by atoms with van der Waals surface area (Å²) in [6, 6.07) is 7.21. The van der Waals surface area contributed by atoms with Crippen LogP contribution in [0.1, 0.15) is 15.9 Å². The Morgan fingerprint density at radius 2 is 1.96 bits per heavy atom. The van der Waals surface area contributed by atoms with Crippen molar-refractivity contribution in [3.63, 3.8) is 0 Å². The van der Waals surface area contributed by atoms with Gasteiger partial charge in [0.2, 0.25) is 5.75 Å². The average molecular weight is 375 g/mol. The van der Waals surface area contributed by atoms with Gasteiger partial charge in [0.15, 0.2) is 18.1 Å². The Balaban J connectivity index is 1.63. The third-order valence-corrected chi connectivity index (χ3v) is 3.85. The van der Waals surface area contributed by atoms with Crippen molar-refractivity contribution in [3.05, 3.63) is 47.3 Å². The average Bonchev–Trinajstić information content (AvgIpc) is 2.68. The lowest BCUT2D eigenvalue weighted by Crippen LogP contribution is -2.21. The Kier molecular flexibility index (Phi) is 5.44. The Labute approximate surface area is 155 Å². The van der Waals surface area contributed by atoms with Gasteiger partial charge in [-0.05, 0) is 36.8 Å². The SMILES string of the molecule is COc1cc(C(=O)OCC(=O)Nc2ccc(C)c(F)c2)cc2c1OCCO2. The largest absolute Gasteiger partial charge is 0.493 e. The molecule has 0 aliphatic carbocycles. The van der Waals surface area contributed by atoms with E-state index < -0.39 is 24.3 Å². The van der Waals surface area contributed by atoms with E-state index in [1.807, 2.05) is 0 Å². The summed E-state index contributed by atoms with van der Waals surface area (Å²) in [4.78, 5) is 24.2. The van der Waals surface area contributed by atoms with Crippen LogP contribution in [0.3, 0.4) is 0 Å². The van der Waals surface area contributed by atoms with Crippen molar-refractivity contribution in [2.75, 3.05) is 32.2 Å². The van der Waals surface area contributed by atoms with Gasteiger partial charge < -0.3 is 24.3 Å². The van der Waals surface area contributed by atoms with Gasteiger partial charge in [-0.15, -0.1) is 0 Å². The summed E-state index contributed by atoms with van der Waals surface area (Å²) in [5.74, 6) is -0.634. The normalized spacial score (nSPS) is 12.3. The second-order valence-electron chi connectivity index (χ2n) is 5.79. The summed E-state index contributed by atoms with van der Waals surface area (Å²) in [5.41, 5.74) is 0.900. The maximum atomic E-state index is 13.5. The molecule has 27 heavy (non-hydrogen) atoms. The number of carbonyl (C=O) groups is 2. The third-order valence-electron chi connectivity index (χ3n) is 3.85. The van der Waals surface area contributed by atoms with E-state index in [0.29, 0.717) is 36.0 Å². The molecule has 8 heteroatoms. The number of halogens is 1. The summed E-state index contributed by atoms with van der Waals surface area (Å²) >= 11 is 0. The topological polar surface area (TPSA) is 83.1 Å². The molecule has 0 bridgehead atoms. The van der Waals surface area contributed by atoms with Crippen LogP contribution in [0.2, 0.25) is 0 Å². The van der Waals surface area contributed by atoms with Crippen LogP contribution >= 0.6 is 0 Å². The number of anilines is 1. The number of benzene rings is 2. The summed E-state index contributed by atoms with van der Waals surface area (Å²) in [7, 11) is 1.44. The van der Waals surface area contributed by atoms with Crippen molar-refractivity contribution in [3.8, 4) is 17.2 Å². The van der Waals surface area contributed by atoms with Crippen LogP contribution in [0, 0.1) is 12.7 Å². The van der Waals surface area contributed by atoms with E-state index in [2.05, 4.69) is 5.32 Å². The first-order valence-electron chi connectivity index (χ1n) is 8.18. The van der Waals surface area contributed by atoms with Crippen LogP contribution in [0.15, 0.2) is 30.3 Å². The monoisotopic (exact) mass is 375 g/mol. The Bertz CT molecular complexity index is 865. The quantitative estimate of drug-likeness (QED) is 0.809. The number of amides is 1. The highest BCUT2D eigenvalue weighted by Crippen LogP contribution is 2.40. The third kappa shape index (κ3) is 4.28. The molecule has 1 amide bonds. The summed E-state index contributed by atoms with van der Waals surface area (Å²) in [6.07, 6.45) is 0. The first kappa shape index (κ1) is 18.5. The Hall–Kier alpha value is -3.29. The van der Waals surface area contributed by atoms with E-state index in [0.717, 1.165) is 0 Å². The predicted molar refractivity (Wildman–Crippen MR) is 94.0 cm³/mol. The number of nitrogens with one attached hydrogen (secondary N) is 1. The lowest BCUT2D eigenvalue weighted by molar-refractivity contribution is -0.119. The zero-order valence-corrected chi connectivity index (χ0v) is 14.8. The molecular formula is C19H18FNO6. The number of rotatable bonds is 5. The molecule has 0 saturated carbocycles. The fourth-order valence-corrected chi connectivity index (χ4v) is 2.47. The highest BCUT2D eigenvalue weighted by molar-refractivity contribution is 5.96.